The van der Waals surface area contributed by atoms with Gasteiger partial charge in [0.05, 0.1) is 13.5 Å². The van der Waals surface area contributed by atoms with Gasteiger partial charge >= 0.3 is 5.97 Å². The molecule has 0 aromatic carbocycles. The first kappa shape index (κ1) is 17.8. The molecule has 0 bridgehead atoms. The maximum absolute atomic E-state index is 12.3. The summed E-state index contributed by atoms with van der Waals surface area (Å²) in [5.41, 5.74) is 2.73. The van der Waals surface area contributed by atoms with E-state index in [1.165, 1.54) is 26.0 Å². The molecule has 0 aliphatic carbocycles. The molecule has 7 nitrogen and oxygen atoms in total. The second-order valence-corrected chi connectivity index (χ2v) is 4.86. The van der Waals surface area contributed by atoms with Crippen LogP contribution in [0.15, 0.2) is 0 Å². The van der Waals surface area contributed by atoms with Crippen molar-refractivity contribution in [2.24, 2.45) is 0 Å². The summed E-state index contributed by atoms with van der Waals surface area (Å²) in [5, 5.41) is 11.0. The number of esters is 1. The van der Waals surface area contributed by atoms with Gasteiger partial charge in [-0.05, 0) is 27.7 Å². The summed E-state index contributed by atoms with van der Waals surface area (Å²) in [6.07, 6.45) is -1.37. The Balaban J connectivity index is 5.00. The lowest BCUT2D eigenvalue weighted by Crippen LogP contribution is -2.52. The molecule has 1 atom stereocenters. The van der Waals surface area contributed by atoms with Gasteiger partial charge in [0.2, 0.25) is 0 Å². The minimum Gasteiger partial charge on any atom is -0.469 e. The number of carbonyl (C=O) groups is 2. The van der Waals surface area contributed by atoms with E-state index in [1.807, 2.05) is 13.8 Å². The van der Waals surface area contributed by atoms with Gasteiger partial charge in [-0.25, -0.2) is 5.43 Å². The van der Waals surface area contributed by atoms with Gasteiger partial charge in [0.25, 0.3) is 5.91 Å². The van der Waals surface area contributed by atoms with Gasteiger partial charge in [-0.1, -0.05) is 0 Å². The number of hydrazine groups is 1. The van der Waals surface area contributed by atoms with E-state index in [9.17, 15) is 14.7 Å². The number of aliphatic hydroxyl groups is 1. The molecule has 1 unspecified atom stereocenters. The zero-order chi connectivity index (χ0) is 15.2. The van der Waals surface area contributed by atoms with Crippen molar-refractivity contribution in [1.29, 1.82) is 0 Å². The van der Waals surface area contributed by atoms with Crippen LogP contribution in [0.5, 0.6) is 0 Å². The first-order valence-corrected chi connectivity index (χ1v) is 6.09. The van der Waals surface area contributed by atoms with Crippen LogP contribution < -0.4 is 5.43 Å². The van der Waals surface area contributed by atoms with E-state index < -0.39 is 23.8 Å². The Kier molecular flexibility index (Phi) is 6.96. The average Bonchev–Trinajstić information content (AvgIpc) is 2.26. The normalized spacial score (nSPS) is 13.3. The van der Waals surface area contributed by atoms with Crippen LogP contribution in [0, 0.1) is 0 Å². The van der Waals surface area contributed by atoms with Crippen molar-refractivity contribution in [3.05, 3.63) is 0 Å². The molecule has 0 aliphatic heterocycles. The standard InChI is InChI=1S/C12H24N2O5/c1-8(2)14(13-5)11(16)9(7-10(15)18-6)19-12(3,4)17/h8-9,13,17H,7H2,1-6H3. The number of nitrogens with one attached hydrogen (secondary N) is 1. The van der Waals surface area contributed by atoms with Crippen LogP contribution in [0.1, 0.15) is 34.1 Å². The SMILES string of the molecule is CNN(C(=O)C(CC(=O)OC)OC(C)(C)O)C(C)C. The fourth-order valence-electron chi connectivity index (χ4n) is 1.54. The van der Waals surface area contributed by atoms with E-state index in [2.05, 4.69) is 10.2 Å². The Labute approximate surface area is 113 Å². The smallest absolute Gasteiger partial charge is 0.308 e. The molecule has 7 heteroatoms. The number of rotatable bonds is 7. The number of methoxy groups -OCH3 is 1. The van der Waals surface area contributed by atoms with E-state index >= 15 is 0 Å². The first-order valence-electron chi connectivity index (χ1n) is 6.09. The molecule has 0 spiro atoms. The van der Waals surface area contributed by atoms with Crippen LogP contribution in [-0.4, -0.2) is 54.1 Å². The van der Waals surface area contributed by atoms with Crippen molar-refractivity contribution in [3.8, 4) is 0 Å². The van der Waals surface area contributed by atoms with E-state index in [4.69, 9.17) is 4.74 Å². The highest BCUT2D eigenvalue weighted by Crippen LogP contribution is 2.14. The number of hydrogen-bond acceptors (Lipinski definition) is 6. The molecule has 0 aromatic heterocycles. The van der Waals surface area contributed by atoms with Crippen molar-refractivity contribution in [2.75, 3.05) is 14.2 Å². The molecular weight excluding hydrogens is 252 g/mol. The molecule has 1 amide bonds. The summed E-state index contributed by atoms with van der Waals surface area (Å²) in [7, 11) is 2.82. The lowest BCUT2D eigenvalue weighted by atomic mass is 10.2. The summed E-state index contributed by atoms with van der Waals surface area (Å²) in [5.74, 6) is -2.54. The van der Waals surface area contributed by atoms with Crippen molar-refractivity contribution >= 4 is 11.9 Å². The van der Waals surface area contributed by atoms with Gasteiger partial charge in [-0.2, -0.15) is 0 Å². The third-order valence-corrected chi connectivity index (χ3v) is 2.28. The summed E-state index contributed by atoms with van der Waals surface area (Å²) in [4.78, 5) is 23.6. The molecule has 0 heterocycles. The van der Waals surface area contributed by atoms with Crippen LogP contribution in [0.4, 0.5) is 0 Å². The zero-order valence-corrected chi connectivity index (χ0v) is 12.4. The third-order valence-electron chi connectivity index (χ3n) is 2.28. The molecule has 0 aromatic rings. The van der Waals surface area contributed by atoms with Gasteiger partial charge in [-0.15, -0.1) is 0 Å². The molecular formula is C12H24N2O5. The highest BCUT2D eigenvalue weighted by molar-refractivity contribution is 5.85. The minimum atomic E-state index is -1.52. The summed E-state index contributed by atoms with van der Waals surface area (Å²) < 4.78 is 9.76. The van der Waals surface area contributed by atoms with E-state index in [1.54, 1.807) is 7.05 Å². The molecule has 112 valence electrons. The van der Waals surface area contributed by atoms with Gasteiger partial charge in [0.1, 0.15) is 0 Å². The number of nitrogens with zero attached hydrogens (tertiary/aromatic N) is 1. The lowest BCUT2D eigenvalue weighted by Gasteiger charge is -2.32. The van der Waals surface area contributed by atoms with Gasteiger partial charge < -0.3 is 14.6 Å². The molecule has 0 aliphatic rings. The van der Waals surface area contributed by atoms with E-state index in [-0.39, 0.29) is 12.5 Å². The molecule has 0 radical (unpaired) electrons. The van der Waals surface area contributed by atoms with Gasteiger partial charge in [0, 0.05) is 13.1 Å². The largest absolute Gasteiger partial charge is 0.469 e. The van der Waals surface area contributed by atoms with E-state index in [0.29, 0.717) is 0 Å². The Bertz CT molecular complexity index is 312. The Morgan fingerprint density at radius 2 is 1.89 bits per heavy atom. The highest BCUT2D eigenvalue weighted by Gasteiger charge is 2.33. The topological polar surface area (TPSA) is 88.1 Å². The number of carbonyl (C=O) groups excluding carboxylic acids is 2. The number of amides is 1. The first-order chi connectivity index (χ1) is 8.62. The molecule has 0 fully saturated rings. The minimum absolute atomic E-state index is 0.122. The molecule has 2 N–H and O–H groups in total. The van der Waals surface area contributed by atoms with Crippen LogP contribution in [0.2, 0.25) is 0 Å². The van der Waals surface area contributed by atoms with Crippen molar-refractivity contribution in [1.82, 2.24) is 10.4 Å². The molecule has 0 saturated carbocycles. The summed E-state index contributed by atoms with van der Waals surface area (Å²) in [6, 6.07) is -0.122. The lowest BCUT2D eigenvalue weighted by molar-refractivity contribution is -0.215. The molecule has 0 rings (SSSR count). The van der Waals surface area contributed by atoms with Crippen molar-refractivity contribution < 1.29 is 24.2 Å². The predicted molar refractivity (Wildman–Crippen MR) is 68.8 cm³/mol. The van der Waals surface area contributed by atoms with E-state index in [0.717, 1.165) is 0 Å². The number of ether oxygens (including phenoxy) is 2. The quantitative estimate of drug-likeness (QED) is 0.387. The van der Waals surface area contributed by atoms with Crippen molar-refractivity contribution in [3.63, 3.8) is 0 Å². The third kappa shape index (κ3) is 6.51. The summed E-state index contributed by atoms with van der Waals surface area (Å²) >= 11 is 0. The molecule has 0 saturated heterocycles. The second-order valence-electron chi connectivity index (χ2n) is 4.86. The Hall–Kier alpha value is -1.18. The Morgan fingerprint density at radius 1 is 1.37 bits per heavy atom. The van der Waals surface area contributed by atoms with Crippen LogP contribution >= 0.6 is 0 Å². The van der Waals surface area contributed by atoms with Crippen LogP contribution in [0.25, 0.3) is 0 Å². The van der Waals surface area contributed by atoms with Gasteiger partial charge in [-0.3, -0.25) is 14.6 Å². The zero-order valence-electron chi connectivity index (χ0n) is 12.4. The van der Waals surface area contributed by atoms with Gasteiger partial charge in [0.15, 0.2) is 11.9 Å². The summed E-state index contributed by atoms with van der Waals surface area (Å²) in [6.45, 7) is 6.41. The maximum Gasteiger partial charge on any atom is 0.308 e. The maximum atomic E-state index is 12.3. The second kappa shape index (κ2) is 7.42. The van der Waals surface area contributed by atoms with Crippen LogP contribution in [-0.2, 0) is 19.1 Å². The fourth-order valence-corrected chi connectivity index (χ4v) is 1.54. The Morgan fingerprint density at radius 3 is 2.21 bits per heavy atom. The monoisotopic (exact) mass is 276 g/mol. The predicted octanol–water partition coefficient (Wildman–Crippen LogP) is 0.0345. The molecule has 19 heavy (non-hydrogen) atoms. The highest BCUT2D eigenvalue weighted by atomic mass is 16.6. The average molecular weight is 276 g/mol. The number of hydrogen-bond donors (Lipinski definition) is 2. The van der Waals surface area contributed by atoms with Crippen LogP contribution in [0.3, 0.4) is 0 Å². The van der Waals surface area contributed by atoms with Crippen molar-refractivity contribution in [2.45, 2.75) is 52.0 Å². The fraction of sp³-hybridized carbons (Fsp3) is 0.833.